The van der Waals surface area contributed by atoms with Crippen molar-refractivity contribution >= 4 is 23.1 Å². The van der Waals surface area contributed by atoms with Crippen LogP contribution in [0.1, 0.15) is 12.5 Å². The normalized spacial score (nSPS) is 16.4. The number of aromatic nitrogens is 4. The average Bonchev–Trinajstić information content (AvgIpc) is 3.04. The molecule has 0 saturated carbocycles. The summed E-state index contributed by atoms with van der Waals surface area (Å²) in [4.78, 5) is 43.2. The number of imidazole rings is 1. The first kappa shape index (κ1) is 18.0. The molecule has 1 aliphatic rings. The summed E-state index contributed by atoms with van der Waals surface area (Å²) in [7, 11) is 1.51. The van der Waals surface area contributed by atoms with Gasteiger partial charge in [0.25, 0.3) is 5.56 Å². The van der Waals surface area contributed by atoms with E-state index in [0.29, 0.717) is 19.0 Å². The molecule has 0 saturated heterocycles. The first-order valence-corrected chi connectivity index (χ1v) is 9.07. The molecule has 0 unspecified atom stereocenters. The summed E-state index contributed by atoms with van der Waals surface area (Å²) >= 11 is 0. The lowest BCUT2D eigenvalue weighted by Crippen LogP contribution is -2.42. The van der Waals surface area contributed by atoms with Crippen LogP contribution < -0.4 is 16.1 Å². The third kappa shape index (κ3) is 2.88. The summed E-state index contributed by atoms with van der Waals surface area (Å²) in [6.45, 7) is 3.40. The molecule has 1 aromatic carbocycles. The van der Waals surface area contributed by atoms with Crippen LogP contribution in [0, 0.1) is 5.92 Å². The van der Waals surface area contributed by atoms with E-state index < -0.39 is 23.8 Å². The molecular formula is C19H21N5O4. The summed E-state index contributed by atoms with van der Waals surface area (Å²) in [5.74, 6) is -0.355. The standard InChI is InChI=1S/C19H21N5O4/c1-12-8-22(10-13-6-4-3-5-7-13)18-20-16-15(23(18)9-12)17(27)24(11-14(25)26)19(28)21(16)2/h3-7,12H,8-11H2,1-2H3,(H,25,26)/t12-/m0/s1. The van der Waals surface area contributed by atoms with Gasteiger partial charge >= 0.3 is 11.7 Å². The third-order valence-corrected chi connectivity index (χ3v) is 5.03. The quantitative estimate of drug-likeness (QED) is 0.709. The van der Waals surface area contributed by atoms with Crippen LogP contribution in [0.2, 0.25) is 0 Å². The summed E-state index contributed by atoms with van der Waals surface area (Å²) in [6, 6.07) is 9.96. The first-order chi connectivity index (χ1) is 13.4. The Morgan fingerprint density at radius 3 is 2.61 bits per heavy atom. The van der Waals surface area contributed by atoms with Gasteiger partial charge in [-0.05, 0) is 11.5 Å². The predicted octanol–water partition coefficient (Wildman–Crippen LogP) is 0.638. The summed E-state index contributed by atoms with van der Waals surface area (Å²) in [6.07, 6.45) is 0. The van der Waals surface area contributed by atoms with E-state index in [1.165, 1.54) is 11.6 Å². The minimum Gasteiger partial charge on any atom is -0.480 e. The number of carboxylic acids is 1. The fraction of sp³-hybridized carbons (Fsp3) is 0.368. The Balaban J connectivity index is 1.92. The molecule has 0 radical (unpaired) electrons. The second-order valence-corrected chi connectivity index (χ2v) is 7.29. The van der Waals surface area contributed by atoms with Gasteiger partial charge in [0.05, 0.1) is 0 Å². The van der Waals surface area contributed by atoms with Crippen LogP contribution >= 0.6 is 0 Å². The highest BCUT2D eigenvalue weighted by molar-refractivity contribution is 5.75. The van der Waals surface area contributed by atoms with E-state index in [4.69, 9.17) is 5.11 Å². The molecule has 3 heterocycles. The number of carboxylic acid groups (broad SMARTS) is 1. The topological polar surface area (TPSA) is 102 Å². The molecule has 9 nitrogen and oxygen atoms in total. The predicted molar refractivity (Wildman–Crippen MR) is 104 cm³/mol. The van der Waals surface area contributed by atoms with Gasteiger partial charge in [-0.3, -0.25) is 14.2 Å². The minimum absolute atomic E-state index is 0.262. The first-order valence-electron chi connectivity index (χ1n) is 9.07. The van der Waals surface area contributed by atoms with Gasteiger partial charge in [-0.1, -0.05) is 37.3 Å². The zero-order valence-corrected chi connectivity index (χ0v) is 15.7. The van der Waals surface area contributed by atoms with Crippen molar-refractivity contribution < 1.29 is 9.90 Å². The van der Waals surface area contributed by atoms with Gasteiger partial charge in [-0.2, -0.15) is 4.98 Å². The zero-order valence-electron chi connectivity index (χ0n) is 15.7. The van der Waals surface area contributed by atoms with E-state index in [9.17, 15) is 14.4 Å². The van der Waals surface area contributed by atoms with E-state index in [-0.39, 0.29) is 17.1 Å². The van der Waals surface area contributed by atoms with Crippen molar-refractivity contribution in [3.05, 3.63) is 56.7 Å². The highest BCUT2D eigenvalue weighted by atomic mass is 16.4. The molecule has 4 rings (SSSR count). The molecule has 3 aromatic rings. The van der Waals surface area contributed by atoms with Crippen molar-refractivity contribution in [3.63, 3.8) is 0 Å². The lowest BCUT2D eigenvalue weighted by atomic mass is 10.1. The van der Waals surface area contributed by atoms with Crippen LogP contribution in [-0.4, -0.2) is 36.3 Å². The molecule has 1 N–H and O–H groups in total. The Labute approximate surface area is 160 Å². The highest BCUT2D eigenvalue weighted by Crippen LogP contribution is 2.28. The van der Waals surface area contributed by atoms with Gasteiger partial charge in [-0.15, -0.1) is 0 Å². The third-order valence-electron chi connectivity index (χ3n) is 5.03. The summed E-state index contributed by atoms with van der Waals surface area (Å²) in [5.41, 5.74) is 0.361. The van der Waals surface area contributed by atoms with Gasteiger partial charge in [0.2, 0.25) is 5.95 Å². The van der Waals surface area contributed by atoms with Crippen LogP contribution in [-0.2, 0) is 31.5 Å². The highest BCUT2D eigenvalue weighted by Gasteiger charge is 2.29. The van der Waals surface area contributed by atoms with Crippen molar-refractivity contribution in [1.82, 2.24) is 18.7 Å². The zero-order chi connectivity index (χ0) is 20.0. The lowest BCUT2D eigenvalue weighted by Gasteiger charge is -2.33. The minimum atomic E-state index is -1.24. The van der Waals surface area contributed by atoms with E-state index in [2.05, 4.69) is 16.8 Å². The molecule has 9 heteroatoms. The van der Waals surface area contributed by atoms with Crippen molar-refractivity contribution in [2.45, 2.75) is 26.6 Å². The number of fused-ring (bicyclic) bond motifs is 3. The van der Waals surface area contributed by atoms with Crippen LogP contribution in [0.5, 0.6) is 0 Å². The van der Waals surface area contributed by atoms with Crippen molar-refractivity contribution in [3.8, 4) is 0 Å². The number of carbonyl (C=O) groups is 1. The average molecular weight is 383 g/mol. The molecule has 146 valence electrons. The fourth-order valence-corrected chi connectivity index (χ4v) is 3.82. The molecule has 0 aliphatic carbocycles. The van der Waals surface area contributed by atoms with Gasteiger partial charge in [0.1, 0.15) is 6.54 Å². The number of hydrogen-bond donors (Lipinski definition) is 1. The van der Waals surface area contributed by atoms with Crippen molar-refractivity contribution in [2.24, 2.45) is 13.0 Å². The summed E-state index contributed by atoms with van der Waals surface area (Å²) in [5, 5.41) is 9.08. The van der Waals surface area contributed by atoms with Crippen molar-refractivity contribution in [2.75, 3.05) is 11.4 Å². The molecule has 1 aliphatic heterocycles. The fourth-order valence-electron chi connectivity index (χ4n) is 3.82. The maximum absolute atomic E-state index is 12.9. The molecule has 28 heavy (non-hydrogen) atoms. The van der Waals surface area contributed by atoms with Crippen LogP contribution in [0.3, 0.4) is 0 Å². The SMILES string of the molecule is C[C@H]1CN(Cc2ccccc2)c2nc3c(c(=O)n(CC(=O)O)c(=O)n3C)n2C1. The number of nitrogens with zero attached hydrogens (tertiary/aromatic N) is 5. The molecule has 0 spiro atoms. The number of anilines is 1. The number of rotatable bonds is 4. The number of hydrogen-bond acceptors (Lipinski definition) is 5. The Kier molecular flexibility index (Phi) is 4.29. The van der Waals surface area contributed by atoms with E-state index >= 15 is 0 Å². The van der Waals surface area contributed by atoms with E-state index in [1.54, 1.807) is 0 Å². The summed E-state index contributed by atoms with van der Waals surface area (Å²) < 4.78 is 3.81. The van der Waals surface area contributed by atoms with E-state index in [1.807, 2.05) is 34.9 Å². The van der Waals surface area contributed by atoms with Gasteiger partial charge < -0.3 is 14.6 Å². The van der Waals surface area contributed by atoms with Crippen LogP contribution in [0.15, 0.2) is 39.9 Å². The molecule has 0 amide bonds. The van der Waals surface area contributed by atoms with Gasteiger partial charge in [0, 0.05) is 26.7 Å². The molecular weight excluding hydrogens is 362 g/mol. The van der Waals surface area contributed by atoms with Crippen LogP contribution in [0.25, 0.3) is 11.2 Å². The van der Waals surface area contributed by atoms with Crippen LogP contribution in [0.4, 0.5) is 5.95 Å². The monoisotopic (exact) mass is 383 g/mol. The Morgan fingerprint density at radius 1 is 1.21 bits per heavy atom. The molecule has 0 fully saturated rings. The Bertz CT molecular complexity index is 1170. The second kappa shape index (κ2) is 6.66. The number of aryl methyl sites for hydroxylation is 1. The van der Waals surface area contributed by atoms with Gasteiger partial charge in [0.15, 0.2) is 11.2 Å². The smallest absolute Gasteiger partial charge is 0.333 e. The molecule has 1 atom stereocenters. The molecule has 2 aromatic heterocycles. The number of aliphatic carboxylic acids is 1. The van der Waals surface area contributed by atoms with Crippen molar-refractivity contribution in [1.29, 1.82) is 0 Å². The Hall–Kier alpha value is -3.36. The van der Waals surface area contributed by atoms with Gasteiger partial charge in [-0.25, -0.2) is 9.36 Å². The largest absolute Gasteiger partial charge is 0.480 e. The maximum atomic E-state index is 12.9. The second-order valence-electron chi connectivity index (χ2n) is 7.29. The Morgan fingerprint density at radius 2 is 1.93 bits per heavy atom. The maximum Gasteiger partial charge on any atom is 0.333 e. The number of benzene rings is 1. The molecule has 0 bridgehead atoms. The lowest BCUT2D eigenvalue weighted by molar-refractivity contribution is -0.137. The van der Waals surface area contributed by atoms with E-state index in [0.717, 1.165) is 16.7 Å².